The van der Waals surface area contributed by atoms with E-state index in [0.29, 0.717) is 0 Å². The van der Waals surface area contributed by atoms with Gasteiger partial charge in [0.15, 0.2) is 5.82 Å². The fraction of sp³-hybridized carbons (Fsp3) is 0.462. The van der Waals surface area contributed by atoms with E-state index in [1.54, 1.807) is 0 Å². The molecule has 100 valence electrons. The summed E-state index contributed by atoms with van der Waals surface area (Å²) in [6.07, 6.45) is 1.07. The van der Waals surface area contributed by atoms with Gasteiger partial charge in [-0.1, -0.05) is 0 Å². The van der Waals surface area contributed by atoms with Crippen molar-refractivity contribution in [2.24, 2.45) is 0 Å². The molecule has 0 amide bonds. The van der Waals surface area contributed by atoms with E-state index >= 15 is 0 Å². The van der Waals surface area contributed by atoms with Crippen molar-refractivity contribution >= 4 is 5.69 Å². The highest BCUT2D eigenvalue weighted by Gasteiger charge is 2.29. The van der Waals surface area contributed by atoms with Gasteiger partial charge in [0.25, 0.3) is 0 Å². The van der Waals surface area contributed by atoms with Crippen molar-refractivity contribution in [3.05, 3.63) is 23.8 Å². The summed E-state index contributed by atoms with van der Waals surface area (Å²) in [5.41, 5.74) is 8.62. The van der Waals surface area contributed by atoms with Crippen LogP contribution in [0.5, 0.6) is 0 Å². The second kappa shape index (κ2) is 4.62. The van der Waals surface area contributed by atoms with Gasteiger partial charge in [0, 0.05) is 17.9 Å². The Labute approximate surface area is 111 Å². The molecule has 1 saturated heterocycles. The predicted octanol–water partition coefficient (Wildman–Crippen LogP) is 1.58. The van der Waals surface area contributed by atoms with Crippen LogP contribution in [0.15, 0.2) is 18.2 Å². The summed E-state index contributed by atoms with van der Waals surface area (Å²) in [5.74, 6) is 0.778. The number of aromatic nitrogens is 4. The lowest BCUT2D eigenvalue weighted by molar-refractivity contribution is 0.105. The topological polar surface area (TPSA) is 78.9 Å². The average Bonchev–Trinajstić information content (AvgIpc) is 2.97. The first-order valence-corrected chi connectivity index (χ1v) is 6.43. The van der Waals surface area contributed by atoms with Crippen LogP contribution in [-0.4, -0.2) is 32.9 Å². The standard InChI is InChI=1S/C13H17N5O/c1-8-7-10(14)3-4-11(8)13-15-16-17-18(13)12-5-6-19-9(12)2/h3-4,7,9,12H,5-6,14H2,1-2H3. The molecular formula is C13H17N5O. The van der Waals surface area contributed by atoms with Crippen LogP contribution in [0.25, 0.3) is 11.4 Å². The van der Waals surface area contributed by atoms with Crippen LogP contribution in [0.4, 0.5) is 5.69 Å². The first-order chi connectivity index (χ1) is 9.16. The van der Waals surface area contributed by atoms with Gasteiger partial charge in [0.2, 0.25) is 0 Å². The molecule has 2 N–H and O–H groups in total. The molecule has 0 saturated carbocycles. The zero-order valence-corrected chi connectivity index (χ0v) is 11.1. The molecule has 1 aliphatic rings. The fourth-order valence-corrected chi connectivity index (χ4v) is 2.57. The lowest BCUT2D eigenvalue weighted by Crippen LogP contribution is -2.19. The second-order valence-corrected chi connectivity index (χ2v) is 4.95. The Bertz CT molecular complexity index is 594. The first kappa shape index (κ1) is 12.1. The van der Waals surface area contributed by atoms with E-state index in [2.05, 4.69) is 22.4 Å². The van der Waals surface area contributed by atoms with Gasteiger partial charge in [-0.15, -0.1) is 5.10 Å². The molecule has 0 aliphatic carbocycles. The molecule has 0 radical (unpaired) electrons. The van der Waals surface area contributed by atoms with Crippen LogP contribution >= 0.6 is 0 Å². The largest absolute Gasteiger partial charge is 0.399 e. The molecule has 1 fully saturated rings. The second-order valence-electron chi connectivity index (χ2n) is 4.95. The van der Waals surface area contributed by atoms with Gasteiger partial charge in [-0.2, -0.15) is 0 Å². The van der Waals surface area contributed by atoms with Gasteiger partial charge < -0.3 is 10.5 Å². The molecule has 6 heteroatoms. The van der Waals surface area contributed by atoms with Crippen molar-refractivity contribution in [3.63, 3.8) is 0 Å². The number of nitrogen functional groups attached to an aromatic ring is 1. The first-order valence-electron chi connectivity index (χ1n) is 6.43. The molecule has 0 bridgehead atoms. The van der Waals surface area contributed by atoms with Crippen LogP contribution in [0.3, 0.4) is 0 Å². The molecule has 0 spiro atoms. The molecule has 1 aromatic carbocycles. The van der Waals surface area contributed by atoms with Crippen molar-refractivity contribution in [1.82, 2.24) is 20.2 Å². The van der Waals surface area contributed by atoms with Crippen LogP contribution in [0.1, 0.15) is 24.9 Å². The van der Waals surface area contributed by atoms with Crippen LogP contribution in [0, 0.1) is 6.92 Å². The zero-order valence-electron chi connectivity index (χ0n) is 11.1. The Balaban J connectivity index is 2.04. The van der Waals surface area contributed by atoms with Crippen LogP contribution in [0.2, 0.25) is 0 Å². The Morgan fingerprint density at radius 1 is 1.42 bits per heavy atom. The van der Waals surface area contributed by atoms with Gasteiger partial charge >= 0.3 is 0 Å². The number of anilines is 1. The molecule has 19 heavy (non-hydrogen) atoms. The lowest BCUT2D eigenvalue weighted by Gasteiger charge is -2.16. The summed E-state index contributed by atoms with van der Waals surface area (Å²) >= 11 is 0. The van der Waals surface area contributed by atoms with E-state index in [0.717, 1.165) is 35.7 Å². The van der Waals surface area contributed by atoms with Gasteiger partial charge in [0.05, 0.1) is 12.1 Å². The number of hydrogen-bond acceptors (Lipinski definition) is 5. The summed E-state index contributed by atoms with van der Waals surface area (Å²) in [4.78, 5) is 0. The van der Waals surface area contributed by atoms with Crippen molar-refractivity contribution in [1.29, 1.82) is 0 Å². The molecule has 1 aromatic heterocycles. The molecule has 6 nitrogen and oxygen atoms in total. The SMILES string of the molecule is Cc1cc(N)ccc1-c1nnnn1C1CCOC1C. The summed E-state index contributed by atoms with van der Waals surface area (Å²) in [6.45, 7) is 4.82. The minimum absolute atomic E-state index is 0.135. The van der Waals surface area contributed by atoms with E-state index in [1.807, 2.05) is 29.8 Å². The number of aryl methyl sites for hydroxylation is 1. The van der Waals surface area contributed by atoms with E-state index in [-0.39, 0.29) is 12.1 Å². The quantitative estimate of drug-likeness (QED) is 0.828. The molecule has 3 rings (SSSR count). The highest BCUT2D eigenvalue weighted by molar-refractivity contribution is 5.63. The van der Waals surface area contributed by atoms with Crippen molar-refractivity contribution in [2.75, 3.05) is 12.3 Å². The molecule has 2 aromatic rings. The number of rotatable bonds is 2. The third-order valence-electron chi connectivity index (χ3n) is 3.63. The summed E-state index contributed by atoms with van der Waals surface area (Å²) < 4.78 is 7.46. The molecule has 2 heterocycles. The summed E-state index contributed by atoms with van der Waals surface area (Å²) in [6, 6.07) is 5.97. The number of tetrazole rings is 1. The predicted molar refractivity (Wildman–Crippen MR) is 71.5 cm³/mol. The van der Waals surface area contributed by atoms with Crippen molar-refractivity contribution in [2.45, 2.75) is 32.4 Å². The number of hydrogen-bond donors (Lipinski definition) is 1. The van der Waals surface area contributed by atoms with E-state index in [1.165, 1.54) is 0 Å². The number of benzene rings is 1. The van der Waals surface area contributed by atoms with Crippen molar-refractivity contribution in [3.8, 4) is 11.4 Å². The normalized spacial score (nSPS) is 22.8. The smallest absolute Gasteiger partial charge is 0.182 e. The Morgan fingerprint density at radius 3 is 2.95 bits per heavy atom. The minimum atomic E-state index is 0.135. The lowest BCUT2D eigenvalue weighted by atomic mass is 10.1. The highest BCUT2D eigenvalue weighted by Crippen LogP contribution is 2.30. The fourth-order valence-electron chi connectivity index (χ4n) is 2.57. The maximum atomic E-state index is 5.78. The maximum absolute atomic E-state index is 5.78. The molecule has 1 aliphatic heterocycles. The molecule has 2 unspecified atom stereocenters. The summed E-state index contributed by atoms with van der Waals surface area (Å²) in [5, 5.41) is 12.1. The van der Waals surface area contributed by atoms with E-state index < -0.39 is 0 Å². The minimum Gasteiger partial charge on any atom is -0.399 e. The Hall–Kier alpha value is -1.95. The van der Waals surface area contributed by atoms with Gasteiger partial charge in [-0.3, -0.25) is 0 Å². The van der Waals surface area contributed by atoms with Crippen LogP contribution in [-0.2, 0) is 4.74 Å². The zero-order chi connectivity index (χ0) is 13.4. The third-order valence-corrected chi connectivity index (χ3v) is 3.63. The van der Waals surface area contributed by atoms with Gasteiger partial charge in [-0.25, -0.2) is 4.68 Å². The van der Waals surface area contributed by atoms with E-state index in [9.17, 15) is 0 Å². The highest BCUT2D eigenvalue weighted by atomic mass is 16.5. The number of nitrogens with two attached hydrogens (primary N) is 1. The Kier molecular flexibility index (Phi) is 2.94. The van der Waals surface area contributed by atoms with Crippen LogP contribution < -0.4 is 5.73 Å². The van der Waals surface area contributed by atoms with Crippen molar-refractivity contribution < 1.29 is 4.74 Å². The molecule has 2 atom stereocenters. The van der Waals surface area contributed by atoms with Gasteiger partial charge in [-0.05, 0) is 54.5 Å². The Morgan fingerprint density at radius 2 is 2.26 bits per heavy atom. The van der Waals surface area contributed by atoms with Gasteiger partial charge in [0.1, 0.15) is 0 Å². The molecular weight excluding hydrogens is 242 g/mol. The number of ether oxygens (including phenoxy) is 1. The maximum Gasteiger partial charge on any atom is 0.182 e. The number of nitrogens with zero attached hydrogens (tertiary/aromatic N) is 4. The average molecular weight is 259 g/mol. The third kappa shape index (κ3) is 2.08. The monoisotopic (exact) mass is 259 g/mol. The summed E-state index contributed by atoms with van der Waals surface area (Å²) in [7, 11) is 0. The van der Waals surface area contributed by atoms with E-state index in [4.69, 9.17) is 10.5 Å².